The van der Waals surface area contributed by atoms with Crippen LogP contribution in [0.4, 0.5) is 5.69 Å². The lowest BCUT2D eigenvalue weighted by atomic mass is 10.2. The Balaban J connectivity index is 0.00000400. The zero-order valence-electron chi connectivity index (χ0n) is 12.7. The number of hydrogen-bond donors (Lipinski definition) is 1. The number of guanidine groups is 1. The average molecular weight is 406 g/mol. The second kappa shape index (κ2) is 10.4. The highest BCUT2D eigenvalue weighted by Gasteiger charge is 2.06. The first-order valence-electron chi connectivity index (χ1n) is 6.73. The van der Waals surface area contributed by atoms with Crippen LogP contribution in [-0.4, -0.2) is 36.4 Å². The number of benzene rings is 1. The van der Waals surface area contributed by atoms with Gasteiger partial charge in [-0.25, -0.2) is 0 Å². The van der Waals surface area contributed by atoms with Crippen LogP contribution in [-0.2, 0) is 6.54 Å². The molecular formula is C14H23IN4O2. The lowest BCUT2D eigenvalue weighted by Crippen LogP contribution is -2.38. The van der Waals surface area contributed by atoms with Gasteiger partial charge < -0.3 is 10.2 Å². The standard InChI is InChI=1S/C14H22N4O2.HI/c1-4-5-10-17(3)14(15-2)16-11-12-6-8-13(9-7-12)18(19)20;/h6-9H,4-5,10-11H2,1-3H3,(H,15,16);1H. The number of halogens is 1. The summed E-state index contributed by atoms with van der Waals surface area (Å²) in [7, 11) is 3.75. The number of aliphatic imine (C=N–C) groups is 1. The van der Waals surface area contributed by atoms with Gasteiger partial charge in [0.05, 0.1) is 4.92 Å². The molecule has 0 radical (unpaired) electrons. The molecule has 0 bridgehead atoms. The molecule has 21 heavy (non-hydrogen) atoms. The van der Waals surface area contributed by atoms with E-state index in [2.05, 4.69) is 22.1 Å². The van der Waals surface area contributed by atoms with Crippen molar-refractivity contribution in [1.82, 2.24) is 10.2 Å². The summed E-state index contributed by atoms with van der Waals surface area (Å²) in [6.45, 7) is 3.71. The van der Waals surface area contributed by atoms with Gasteiger partial charge in [0.15, 0.2) is 5.96 Å². The fourth-order valence-corrected chi connectivity index (χ4v) is 1.80. The van der Waals surface area contributed by atoms with Gasteiger partial charge in [0.25, 0.3) is 5.69 Å². The summed E-state index contributed by atoms with van der Waals surface area (Å²) in [5.74, 6) is 0.830. The van der Waals surface area contributed by atoms with E-state index in [4.69, 9.17) is 0 Å². The molecule has 1 aromatic rings. The summed E-state index contributed by atoms with van der Waals surface area (Å²) in [4.78, 5) is 16.5. The van der Waals surface area contributed by atoms with E-state index in [-0.39, 0.29) is 29.7 Å². The maximum Gasteiger partial charge on any atom is 0.269 e. The van der Waals surface area contributed by atoms with Crippen LogP contribution in [0.3, 0.4) is 0 Å². The summed E-state index contributed by atoms with van der Waals surface area (Å²) in [5.41, 5.74) is 1.10. The van der Waals surface area contributed by atoms with E-state index in [0.29, 0.717) is 6.54 Å². The number of hydrogen-bond acceptors (Lipinski definition) is 3. The van der Waals surface area contributed by atoms with Gasteiger partial charge in [0.1, 0.15) is 0 Å². The second-order valence-corrected chi connectivity index (χ2v) is 4.60. The molecule has 0 aliphatic rings. The molecule has 1 aromatic carbocycles. The third-order valence-corrected chi connectivity index (χ3v) is 3.02. The minimum atomic E-state index is -0.394. The average Bonchev–Trinajstić information content (AvgIpc) is 2.46. The quantitative estimate of drug-likeness (QED) is 0.259. The Hall–Kier alpha value is -1.38. The summed E-state index contributed by atoms with van der Waals surface area (Å²) in [6.07, 6.45) is 2.26. The van der Waals surface area contributed by atoms with Crippen LogP contribution in [0.1, 0.15) is 25.3 Å². The minimum Gasteiger partial charge on any atom is -0.352 e. The maximum atomic E-state index is 10.6. The highest BCUT2D eigenvalue weighted by molar-refractivity contribution is 14.0. The van der Waals surface area contributed by atoms with E-state index in [1.54, 1.807) is 19.2 Å². The number of non-ortho nitro benzene ring substituents is 1. The highest BCUT2D eigenvalue weighted by Crippen LogP contribution is 2.11. The Bertz CT molecular complexity index is 463. The van der Waals surface area contributed by atoms with Gasteiger partial charge in [0.2, 0.25) is 0 Å². The molecule has 118 valence electrons. The molecule has 0 amide bonds. The number of unbranched alkanes of at least 4 members (excludes halogenated alkanes) is 1. The van der Waals surface area contributed by atoms with Crippen LogP contribution in [0.2, 0.25) is 0 Å². The molecule has 0 heterocycles. The predicted octanol–water partition coefficient (Wildman–Crippen LogP) is 3.02. The van der Waals surface area contributed by atoms with E-state index in [9.17, 15) is 10.1 Å². The Morgan fingerprint density at radius 1 is 1.38 bits per heavy atom. The van der Waals surface area contributed by atoms with Crippen molar-refractivity contribution < 1.29 is 4.92 Å². The summed E-state index contributed by atoms with van der Waals surface area (Å²) < 4.78 is 0. The Morgan fingerprint density at radius 2 is 2.00 bits per heavy atom. The Labute approximate surface area is 142 Å². The molecule has 1 rings (SSSR count). The van der Waals surface area contributed by atoms with Crippen LogP contribution in [0, 0.1) is 10.1 Å². The largest absolute Gasteiger partial charge is 0.352 e. The first-order chi connectivity index (χ1) is 9.58. The van der Waals surface area contributed by atoms with Crippen LogP contribution in [0.25, 0.3) is 0 Å². The Kier molecular flexibility index (Phi) is 9.68. The zero-order chi connectivity index (χ0) is 15.0. The molecule has 0 aliphatic carbocycles. The molecular weight excluding hydrogens is 383 g/mol. The third-order valence-electron chi connectivity index (χ3n) is 3.02. The monoisotopic (exact) mass is 406 g/mol. The van der Waals surface area contributed by atoms with Gasteiger partial charge in [-0.15, -0.1) is 24.0 Å². The first-order valence-corrected chi connectivity index (χ1v) is 6.73. The molecule has 6 nitrogen and oxygen atoms in total. The van der Waals surface area contributed by atoms with Gasteiger partial charge in [0, 0.05) is 39.3 Å². The van der Waals surface area contributed by atoms with Gasteiger partial charge in [-0.05, 0) is 12.0 Å². The SMILES string of the molecule is CCCCN(C)C(=NC)NCc1ccc([N+](=O)[O-])cc1.I. The summed E-state index contributed by atoms with van der Waals surface area (Å²) in [6, 6.07) is 6.54. The maximum absolute atomic E-state index is 10.6. The number of nitrogens with one attached hydrogen (secondary N) is 1. The topological polar surface area (TPSA) is 70.8 Å². The smallest absolute Gasteiger partial charge is 0.269 e. The van der Waals surface area contributed by atoms with Crippen molar-refractivity contribution >= 4 is 35.6 Å². The molecule has 7 heteroatoms. The fraction of sp³-hybridized carbons (Fsp3) is 0.500. The number of nitro benzene ring substituents is 1. The van der Waals surface area contributed by atoms with Gasteiger partial charge in [-0.1, -0.05) is 25.5 Å². The van der Waals surface area contributed by atoms with Gasteiger partial charge in [-0.2, -0.15) is 0 Å². The van der Waals surface area contributed by atoms with Crippen LogP contribution in [0.15, 0.2) is 29.3 Å². The molecule has 0 aromatic heterocycles. The van der Waals surface area contributed by atoms with E-state index in [1.807, 2.05) is 7.05 Å². The number of nitro groups is 1. The van der Waals surface area contributed by atoms with Gasteiger partial charge >= 0.3 is 0 Å². The van der Waals surface area contributed by atoms with E-state index in [0.717, 1.165) is 30.9 Å². The second-order valence-electron chi connectivity index (χ2n) is 4.60. The van der Waals surface area contributed by atoms with Crippen LogP contribution >= 0.6 is 24.0 Å². The van der Waals surface area contributed by atoms with E-state index < -0.39 is 4.92 Å². The van der Waals surface area contributed by atoms with Gasteiger partial charge in [-0.3, -0.25) is 15.1 Å². The highest BCUT2D eigenvalue weighted by atomic mass is 127. The number of nitrogens with zero attached hydrogens (tertiary/aromatic N) is 3. The lowest BCUT2D eigenvalue weighted by Gasteiger charge is -2.21. The van der Waals surface area contributed by atoms with Crippen LogP contribution in [0.5, 0.6) is 0 Å². The lowest BCUT2D eigenvalue weighted by molar-refractivity contribution is -0.384. The molecule has 0 atom stereocenters. The van der Waals surface area contributed by atoms with E-state index >= 15 is 0 Å². The summed E-state index contributed by atoms with van der Waals surface area (Å²) >= 11 is 0. The molecule has 0 spiro atoms. The summed E-state index contributed by atoms with van der Waals surface area (Å²) in [5, 5.41) is 13.8. The molecule has 0 fully saturated rings. The van der Waals surface area contributed by atoms with Crippen molar-refractivity contribution in [3.63, 3.8) is 0 Å². The number of rotatable bonds is 6. The molecule has 0 saturated heterocycles. The minimum absolute atomic E-state index is 0. The van der Waals surface area contributed by atoms with Crippen molar-refractivity contribution in [2.24, 2.45) is 4.99 Å². The van der Waals surface area contributed by atoms with Crippen molar-refractivity contribution in [3.05, 3.63) is 39.9 Å². The molecule has 0 aliphatic heterocycles. The Morgan fingerprint density at radius 3 is 2.48 bits per heavy atom. The third kappa shape index (κ3) is 6.74. The van der Waals surface area contributed by atoms with E-state index in [1.165, 1.54) is 12.1 Å². The normalized spacial score (nSPS) is 10.7. The molecule has 0 unspecified atom stereocenters. The zero-order valence-corrected chi connectivity index (χ0v) is 15.0. The van der Waals surface area contributed by atoms with Crippen LogP contribution < -0.4 is 5.32 Å². The van der Waals surface area contributed by atoms with Crippen molar-refractivity contribution in [1.29, 1.82) is 0 Å². The predicted molar refractivity (Wildman–Crippen MR) is 96.2 cm³/mol. The first kappa shape index (κ1) is 19.6. The molecule has 0 saturated carbocycles. The van der Waals surface area contributed by atoms with Crippen molar-refractivity contribution in [2.45, 2.75) is 26.3 Å². The van der Waals surface area contributed by atoms with Crippen molar-refractivity contribution in [2.75, 3.05) is 20.6 Å². The molecule has 1 N–H and O–H groups in total. The fourth-order valence-electron chi connectivity index (χ4n) is 1.80. The van der Waals surface area contributed by atoms with Crippen molar-refractivity contribution in [3.8, 4) is 0 Å².